The van der Waals surface area contributed by atoms with Gasteiger partial charge in [0.1, 0.15) is 11.5 Å². The first-order chi connectivity index (χ1) is 19.4. The molecule has 2 N–H and O–H groups in total. The highest BCUT2D eigenvalue weighted by molar-refractivity contribution is 5.78. The molecular formula is C34H50O8. The van der Waals surface area contributed by atoms with Gasteiger partial charge in [0.2, 0.25) is 0 Å². The molecule has 0 heterocycles. The van der Waals surface area contributed by atoms with Crippen LogP contribution in [0.2, 0.25) is 0 Å². The Hall–Kier alpha value is -2.38. The van der Waals surface area contributed by atoms with Crippen LogP contribution in [0.3, 0.4) is 0 Å². The number of hydrogen-bond acceptors (Lipinski definition) is 6. The average molecular weight is 587 g/mol. The molecule has 12 atom stereocenters. The first-order valence-corrected chi connectivity index (χ1v) is 15.9. The van der Waals surface area contributed by atoms with Crippen LogP contribution in [0.15, 0.2) is 11.6 Å². The van der Waals surface area contributed by atoms with E-state index in [2.05, 4.69) is 40.7 Å². The minimum absolute atomic E-state index is 0.0152. The van der Waals surface area contributed by atoms with Gasteiger partial charge in [0.15, 0.2) is 6.10 Å². The molecule has 8 heteroatoms. The van der Waals surface area contributed by atoms with Crippen LogP contribution >= 0.6 is 0 Å². The molecule has 42 heavy (non-hydrogen) atoms. The number of fused-ring (bicyclic) bond motifs is 7. The summed E-state index contributed by atoms with van der Waals surface area (Å²) in [6.45, 7) is 15.6. The number of allylic oxidation sites excluding steroid dienone is 2. The Balaban J connectivity index is 1.64. The Kier molecular flexibility index (Phi) is 7.26. The maximum absolute atomic E-state index is 13.2. The summed E-state index contributed by atoms with van der Waals surface area (Å²) in [6.07, 6.45) is 6.04. The highest BCUT2D eigenvalue weighted by Crippen LogP contribution is 2.76. The molecule has 0 bridgehead atoms. The van der Waals surface area contributed by atoms with Crippen molar-refractivity contribution in [3.8, 4) is 0 Å². The number of carboxylic acid groups (broad SMARTS) is 2. The number of carbonyl (C=O) groups is 4. The van der Waals surface area contributed by atoms with Crippen molar-refractivity contribution in [1.82, 2.24) is 0 Å². The summed E-state index contributed by atoms with van der Waals surface area (Å²) < 4.78 is 11.5. The molecule has 0 aliphatic heterocycles. The van der Waals surface area contributed by atoms with Crippen molar-refractivity contribution in [3.05, 3.63) is 11.6 Å². The lowest BCUT2D eigenvalue weighted by molar-refractivity contribution is -0.250. The van der Waals surface area contributed by atoms with E-state index in [1.807, 2.05) is 0 Å². The minimum Gasteiger partial charge on any atom is -0.481 e. The number of hydrogen-bond donors (Lipinski definition) is 2. The normalized spacial score (nSPS) is 49.6. The van der Waals surface area contributed by atoms with Crippen LogP contribution in [0.4, 0.5) is 0 Å². The van der Waals surface area contributed by atoms with E-state index in [4.69, 9.17) is 9.47 Å². The van der Waals surface area contributed by atoms with Gasteiger partial charge >= 0.3 is 23.9 Å². The molecule has 234 valence electrons. The zero-order chi connectivity index (χ0) is 31.2. The van der Waals surface area contributed by atoms with E-state index >= 15 is 0 Å². The fourth-order valence-electron chi connectivity index (χ4n) is 11.6. The van der Waals surface area contributed by atoms with E-state index in [-0.39, 0.29) is 34.5 Å². The van der Waals surface area contributed by atoms with Crippen molar-refractivity contribution in [2.24, 2.45) is 56.7 Å². The van der Waals surface area contributed by atoms with Crippen LogP contribution in [0.25, 0.3) is 0 Å². The van der Waals surface area contributed by atoms with E-state index in [1.165, 1.54) is 19.4 Å². The van der Waals surface area contributed by atoms with Gasteiger partial charge in [-0.25, -0.2) is 0 Å². The molecular weight excluding hydrogens is 536 g/mol. The van der Waals surface area contributed by atoms with Crippen LogP contribution < -0.4 is 0 Å². The van der Waals surface area contributed by atoms with E-state index in [0.717, 1.165) is 25.7 Å². The summed E-state index contributed by atoms with van der Waals surface area (Å²) in [4.78, 5) is 50.6. The number of aliphatic carboxylic acids is 2. The molecule has 5 aliphatic rings. The van der Waals surface area contributed by atoms with Gasteiger partial charge in [-0.1, -0.05) is 46.3 Å². The second kappa shape index (κ2) is 9.82. The Labute approximate surface area is 250 Å². The Morgan fingerprint density at radius 3 is 2.05 bits per heavy atom. The van der Waals surface area contributed by atoms with Crippen molar-refractivity contribution in [1.29, 1.82) is 0 Å². The third-order valence-corrected chi connectivity index (χ3v) is 14.0. The van der Waals surface area contributed by atoms with Crippen molar-refractivity contribution < 1.29 is 38.9 Å². The molecule has 0 aromatic carbocycles. The van der Waals surface area contributed by atoms with Crippen LogP contribution in [-0.2, 0) is 28.7 Å². The molecule has 8 nitrogen and oxygen atoms in total. The number of esters is 2. The fourth-order valence-corrected chi connectivity index (χ4v) is 11.6. The maximum atomic E-state index is 13.2. The van der Waals surface area contributed by atoms with Crippen LogP contribution in [-0.4, -0.2) is 46.3 Å². The van der Waals surface area contributed by atoms with Crippen molar-refractivity contribution in [2.45, 2.75) is 119 Å². The summed E-state index contributed by atoms with van der Waals surface area (Å²) in [6, 6.07) is 0. The summed E-state index contributed by atoms with van der Waals surface area (Å²) in [7, 11) is 0. The van der Waals surface area contributed by atoms with Crippen molar-refractivity contribution in [2.75, 3.05) is 0 Å². The molecule has 0 aromatic rings. The second-order valence-electron chi connectivity index (χ2n) is 15.6. The molecule has 0 aromatic heterocycles. The molecule has 0 spiro atoms. The van der Waals surface area contributed by atoms with Gasteiger partial charge in [0, 0.05) is 13.8 Å². The van der Waals surface area contributed by atoms with Gasteiger partial charge in [-0.2, -0.15) is 0 Å². The number of carboxylic acids is 2. The van der Waals surface area contributed by atoms with E-state index in [1.54, 1.807) is 6.92 Å². The lowest BCUT2D eigenvalue weighted by Crippen LogP contribution is -2.69. The van der Waals surface area contributed by atoms with Gasteiger partial charge in [-0.3, -0.25) is 19.2 Å². The predicted octanol–water partition coefficient (Wildman–Crippen LogP) is 6.27. The molecule has 12 unspecified atom stereocenters. The summed E-state index contributed by atoms with van der Waals surface area (Å²) in [5.74, 6) is -2.35. The highest BCUT2D eigenvalue weighted by Gasteiger charge is 2.73. The highest BCUT2D eigenvalue weighted by atomic mass is 16.6. The van der Waals surface area contributed by atoms with Gasteiger partial charge < -0.3 is 19.7 Å². The summed E-state index contributed by atoms with van der Waals surface area (Å²) in [5.41, 5.74) is -1.82. The Morgan fingerprint density at radius 2 is 1.48 bits per heavy atom. The third-order valence-electron chi connectivity index (χ3n) is 14.0. The average Bonchev–Trinajstić information content (AvgIpc) is 2.88. The molecule has 0 amide bonds. The standard InChI is InChI=1S/C34H50O8/c1-18-11-14-34(29(39)40)16-15-31(6)22(26(34)19(18)2)9-10-24-30(5)17-23(41-20(3)35)27(42-21(4)36)33(8,28(37)38)25(30)12-13-32(24,31)7/h9,18-19,23-27H,10-17H2,1-8H3,(H,37,38)(H,39,40). The Morgan fingerprint density at radius 1 is 0.833 bits per heavy atom. The molecule has 0 saturated heterocycles. The molecule has 5 rings (SSSR count). The minimum atomic E-state index is -1.44. The largest absolute Gasteiger partial charge is 0.481 e. The second-order valence-corrected chi connectivity index (χ2v) is 15.6. The zero-order valence-corrected chi connectivity index (χ0v) is 26.6. The maximum Gasteiger partial charge on any atom is 0.313 e. The van der Waals surface area contributed by atoms with Crippen molar-refractivity contribution >= 4 is 23.9 Å². The summed E-state index contributed by atoms with van der Waals surface area (Å²) >= 11 is 0. The fraction of sp³-hybridized carbons (Fsp3) is 0.824. The van der Waals surface area contributed by atoms with Gasteiger partial charge in [-0.15, -0.1) is 0 Å². The quantitative estimate of drug-likeness (QED) is 0.292. The molecule has 4 fully saturated rings. The topological polar surface area (TPSA) is 127 Å². The van der Waals surface area contributed by atoms with Crippen LogP contribution in [0, 0.1) is 56.7 Å². The van der Waals surface area contributed by atoms with Crippen molar-refractivity contribution in [3.63, 3.8) is 0 Å². The number of rotatable bonds is 4. The molecule has 5 aliphatic carbocycles. The first kappa shape index (κ1) is 31.1. The van der Waals surface area contributed by atoms with Crippen LogP contribution in [0.5, 0.6) is 0 Å². The van der Waals surface area contributed by atoms with Crippen LogP contribution in [0.1, 0.15) is 107 Å². The van der Waals surface area contributed by atoms with Gasteiger partial charge in [0.25, 0.3) is 0 Å². The predicted molar refractivity (Wildman–Crippen MR) is 155 cm³/mol. The molecule has 4 saturated carbocycles. The SMILES string of the molecule is CC(=O)OC1CC2(C)C(CCC3(C)C2CC=C2C4C(C)C(C)CCC4(C(=O)O)CCC23C)C(C)(C(=O)O)C1OC(C)=O. The number of carbonyl (C=O) groups excluding carboxylic acids is 2. The van der Waals surface area contributed by atoms with E-state index < -0.39 is 52.3 Å². The zero-order valence-electron chi connectivity index (χ0n) is 26.6. The van der Waals surface area contributed by atoms with E-state index in [9.17, 15) is 29.4 Å². The lowest BCUT2D eigenvalue weighted by atomic mass is 9.33. The smallest absolute Gasteiger partial charge is 0.313 e. The molecule has 0 radical (unpaired) electrons. The number of ether oxygens (including phenoxy) is 2. The monoisotopic (exact) mass is 586 g/mol. The van der Waals surface area contributed by atoms with E-state index in [0.29, 0.717) is 31.6 Å². The Bertz CT molecular complexity index is 1220. The summed E-state index contributed by atoms with van der Waals surface area (Å²) in [5, 5.41) is 21.4. The van der Waals surface area contributed by atoms with Gasteiger partial charge in [-0.05, 0) is 104 Å². The first-order valence-electron chi connectivity index (χ1n) is 15.9. The third kappa shape index (κ3) is 3.91. The lowest BCUT2D eigenvalue weighted by Gasteiger charge is -2.71. The van der Waals surface area contributed by atoms with Gasteiger partial charge in [0.05, 0.1) is 5.41 Å².